The molecule has 0 heterocycles. The number of ether oxygens (including phenoxy) is 1. The monoisotopic (exact) mass is 293 g/mol. The molecule has 0 aromatic heterocycles. The molecule has 1 aromatic rings. The molecular formula is C16H23NO4. The zero-order chi connectivity index (χ0) is 16.0. The molecule has 5 heteroatoms. The molecule has 0 aliphatic carbocycles. The lowest BCUT2D eigenvalue weighted by Crippen LogP contribution is -2.37. The van der Waals surface area contributed by atoms with Crippen LogP contribution in [0.5, 0.6) is 0 Å². The maximum absolute atomic E-state index is 11.6. The minimum atomic E-state index is -0.937. The Labute approximate surface area is 125 Å². The van der Waals surface area contributed by atoms with E-state index in [1.165, 1.54) is 0 Å². The lowest BCUT2D eigenvalue weighted by molar-refractivity contribution is -0.141. The highest BCUT2D eigenvalue weighted by atomic mass is 16.6. The molecule has 0 saturated heterocycles. The fraction of sp³-hybridized carbons (Fsp3) is 0.500. The summed E-state index contributed by atoms with van der Waals surface area (Å²) in [5, 5.41) is 11.8. The summed E-state index contributed by atoms with van der Waals surface area (Å²) < 4.78 is 5.09. The Hall–Kier alpha value is -2.04. The molecule has 0 aliphatic heterocycles. The predicted molar refractivity (Wildman–Crippen MR) is 80.2 cm³/mol. The van der Waals surface area contributed by atoms with Gasteiger partial charge < -0.3 is 15.2 Å². The Morgan fingerprint density at radius 2 is 2.00 bits per heavy atom. The molecular weight excluding hydrogens is 270 g/mol. The van der Waals surface area contributed by atoms with Crippen molar-refractivity contribution in [2.75, 3.05) is 6.54 Å². The summed E-state index contributed by atoms with van der Waals surface area (Å²) in [6, 6.07) is 7.68. The third-order valence-corrected chi connectivity index (χ3v) is 2.81. The number of alkyl carbamates (subject to hydrolysis) is 1. The second-order valence-electron chi connectivity index (χ2n) is 6.11. The van der Waals surface area contributed by atoms with Crippen molar-refractivity contribution >= 4 is 12.1 Å². The second kappa shape index (κ2) is 7.11. The van der Waals surface area contributed by atoms with E-state index in [-0.39, 0.29) is 6.54 Å². The number of carboxylic acids is 1. The van der Waals surface area contributed by atoms with Gasteiger partial charge in [-0.25, -0.2) is 4.79 Å². The van der Waals surface area contributed by atoms with E-state index in [2.05, 4.69) is 5.32 Å². The quantitative estimate of drug-likeness (QED) is 0.875. The lowest BCUT2D eigenvalue weighted by atomic mass is 9.98. The number of hydrogen-bond donors (Lipinski definition) is 2. The third-order valence-electron chi connectivity index (χ3n) is 2.81. The number of aliphatic carboxylic acids is 1. The SMILES string of the molecule is Cc1cccc(CC(CNC(=O)OC(C)(C)C)C(=O)O)c1. The van der Waals surface area contributed by atoms with Crippen molar-refractivity contribution in [2.45, 2.75) is 39.7 Å². The Morgan fingerprint density at radius 3 is 2.52 bits per heavy atom. The van der Waals surface area contributed by atoms with Gasteiger partial charge >= 0.3 is 12.1 Å². The number of hydrogen-bond acceptors (Lipinski definition) is 3. The fourth-order valence-electron chi connectivity index (χ4n) is 1.89. The van der Waals surface area contributed by atoms with Gasteiger partial charge in [0.2, 0.25) is 0 Å². The van der Waals surface area contributed by atoms with Gasteiger partial charge in [0.15, 0.2) is 0 Å². The van der Waals surface area contributed by atoms with Crippen LogP contribution in [-0.4, -0.2) is 29.3 Å². The smallest absolute Gasteiger partial charge is 0.407 e. The number of amides is 1. The molecule has 0 aliphatic rings. The van der Waals surface area contributed by atoms with Crippen molar-refractivity contribution in [2.24, 2.45) is 5.92 Å². The highest BCUT2D eigenvalue weighted by Gasteiger charge is 2.21. The summed E-state index contributed by atoms with van der Waals surface area (Å²) in [4.78, 5) is 22.9. The average Bonchev–Trinajstić information content (AvgIpc) is 2.32. The Bertz CT molecular complexity index is 505. The highest BCUT2D eigenvalue weighted by molar-refractivity contribution is 5.73. The summed E-state index contributed by atoms with van der Waals surface area (Å²) in [5.74, 6) is -1.62. The maximum atomic E-state index is 11.6. The summed E-state index contributed by atoms with van der Waals surface area (Å²) >= 11 is 0. The molecule has 1 unspecified atom stereocenters. The van der Waals surface area contributed by atoms with E-state index >= 15 is 0 Å². The van der Waals surface area contributed by atoms with Gasteiger partial charge in [-0.1, -0.05) is 29.8 Å². The average molecular weight is 293 g/mol. The van der Waals surface area contributed by atoms with Crippen LogP contribution in [0.1, 0.15) is 31.9 Å². The predicted octanol–water partition coefficient (Wildman–Crippen LogP) is 2.76. The minimum Gasteiger partial charge on any atom is -0.481 e. The van der Waals surface area contributed by atoms with E-state index < -0.39 is 23.6 Å². The molecule has 21 heavy (non-hydrogen) atoms. The summed E-state index contributed by atoms with van der Waals surface area (Å²) in [5.41, 5.74) is 1.42. The van der Waals surface area contributed by atoms with Gasteiger partial charge in [-0.05, 0) is 39.7 Å². The van der Waals surface area contributed by atoms with Crippen LogP contribution in [0.25, 0.3) is 0 Å². The number of rotatable bonds is 5. The summed E-state index contributed by atoms with van der Waals surface area (Å²) in [6.45, 7) is 7.27. The number of carboxylic acid groups (broad SMARTS) is 1. The number of benzene rings is 1. The zero-order valence-electron chi connectivity index (χ0n) is 13.0. The van der Waals surface area contributed by atoms with Crippen molar-refractivity contribution in [3.63, 3.8) is 0 Å². The van der Waals surface area contributed by atoms with Crippen molar-refractivity contribution < 1.29 is 19.4 Å². The van der Waals surface area contributed by atoms with Gasteiger partial charge in [0, 0.05) is 6.54 Å². The first kappa shape index (κ1) is 17.0. The molecule has 0 fully saturated rings. The first-order valence-corrected chi connectivity index (χ1v) is 6.92. The molecule has 5 nitrogen and oxygen atoms in total. The number of carbonyl (C=O) groups is 2. The summed E-state index contributed by atoms with van der Waals surface area (Å²) in [7, 11) is 0. The third kappa shape index (κ3) is 6.79. The Kier molecular flexibility index (Phi) is 5.76. The van der Waals surface area contributed by atoms with E-state index in [0.717, 1.165) is 11.1 Å². The molecule has 1 aromatic carbocycles. The Balaban J connectivity index is 2.59. The molecule has 1 amide bonds. The van der Waals surface area contributed by atoms with Crippen LogP contribution in [0.15, 0.2) is 24.3 Å². The largest absolute Gasteiger partial charge is 0.481 e. The van der Waals surface area contributed by atoms with Crippen LogP contribution in [0, 0.1) is 12.8 Å². The molecule has 2 N–H and O–H groups in total. The van der Waals surface area contributed by atoms with Crippen molar-refractivity contribution in [1.82, 2.24) is 5.32 Å². The normalized spacial score (nSPS) is 12.6. The molecule has 0 radical (unpaired) electrons. The number of nitrogens with one attached hydrogen (secondary N) is 1. The second-order valence-corrected chi connectivity index (χ2v) is 6.11. The van der Waals surface area contributed by atoms with Gasteiger partial charge in [-0.2, -0.15) is 0 Å². The van der Waals surface area contributed by atoms with Gasteiger partial charge in [0.1, 0.15) is 5.60 Å². The first-order chi connectivity index (χ1) is 9.67. The summed E-state index contributed by atoms with van der Waals surface area (Å²) in [6.07, 6.45) is -0.231. The Morgan fingerprint density at radius 1 is 1.33 bits per heavy atom. The van der Waals surface area contributed by atoms with Crippen LogP contribution in [0.4, 0.5) is 4.79 Å². The fourth-order valence-corrected chi connectivity index (χ4v) is 1.89. The van der Waals surface area contributed by atoms with Crippen molar-refractivity contribution in [3.05, 3.63) is 35.4 Å². The number of carbonyl (C=O) groups excluding carboxylic acids is 1. The van der Waals surface area contributed by atoms with Crippen LogP contribution >= 0.6 is 0 Å². The number of aryl methyl sites for hydroxylation is 1. The van der Waals surface area contributed by atoms with E-state index in [1.54, 1.807) is 20.8 Å². The van der Waals surface area contributed by atoms with Gasteiger partial charge in [0.05, 0.1) is 5.92 Å². The highest BCUT2D eigenvalue weighted by Crippen LogP contribution is 2.12. The van der Waals surface area contributed by atoms with E-state index in [9.17, 15) is 14.7 Å². The first-order valence-electron chi connectivity index (χ1n) is 6.92. The standard InChI is InChI=1S/C16H23NO4/c1-11-6-5-7-12(8-11)9-13(14(18)19)10-17-15(20)21-16(2,3)4/h5-8,13H,9-10H2,1-4H3,(H,17,20)(H,18,19). The zero-order valence-corrected chi connectivity index (χ0v) is 13.0. The van der Waals surface area contributed by atoms with Gasteiger partial charge in [0.25, 0.3) is 0 Å². The maximum Gasteiger partial charge on any atom is 0.407 e. The molecule has 0 saturated carbocycles. The minimum absolute atomic E-state index is 0.0399. The van der Waals surface area contributed by atoms with E-state index in [1.807, 2.05) is 31.2 Å². The lowest BCUT2D eigenvalue weighted by Gasteiger charge is -2.21. The molecule has 116 valence electrons. The van der Waals surface area contributed by atoms with Gasteiger partial charge in [-0.3, -0.25) is 4.79 Å². The molecule has 1 rings (SSSR count). The van der Waals surface area contributed by atoms with Crippen LogP contribution in [0.2, 0.25) is 0 Å². The van der Waals surface area contributed by atoms with E-state index in [4.69, 9.17) is 4.74 Å². The van der Waals surface area contributed by atoms with Crippen LogP contribution < -0.4 is 5.32 Å². The molecule has 0 spiro atoms. The molecule has 0 bridgehead atoms. The van der Waals surface area contributed by atoms with Crippen LogP contribution in [0.3, 0.4) is 0 Å². The van der Waals surface area contributed by atoms with Crippen molar-refractivity contribution in [3.8, 4) is 0 Å². The van der Waals surface area contributed by atoms with E-state index in [0.29, 0.717) is 6.42 Å². The molecule has 1 atom stereocenters. The van der Waals surface area contributed by atoms with Crippen LogP contribution in [-0.2, 0) is 16.0 Å². The van der Waals surface area contributed by atoms with Crippen molar-refractivity contribution in [1.29, 1.82) is 0 Å². The van der Waals surface area contributed by atoms with Gasteiger partial charge in [-0.15, -0.1) is 0 Å². The topological polar surface area (TPSA) is 75.6 Å².